The first-order valence-electron chi connectivity index (χ1n) is 16.5. The molecule has 1 N–H and O–H groups in total. The van der Waals surface area contributed by atoms with Crippen molar-refractivity contribution in [3.8, 4) is 33.4 Å². The van der Waals surface area contributed by atoms with Crippen molar-refractivity contribution in [1.82, 2.24) is 20.0 Å². The number of furan rings is 1. The molecule has 0 saturated carbocycles. The summed E-state index contributed by atoms with van der Waals surface area (Å²) in [6, 6.07) is 17.2. The number of carboxylic acid groups (broad SMARTS) is 1. The molecule has 3 atom stereocenters. The normalized spacial score (nSPS) is 20.3. The Labute approximate surface area is 280 Å². The molecule has 2 aromatic heterocycles. The molecule has 0 spiro atoms. The number of nitrogens with zero attached hydrogens (tertiary/aromatic N) is 4. The van der Waals surface area contributed by atoms with Gasteiger partial charge < -0.3 is 19.2 Å². The fourth-order valence-corrected chi connectivity index (χ4v) is 7.36. The van der Waals surface area contributed by atoms with E-state index in [0.717, 1.165) is 33.1 Å². The van der Waals surface area contributed by atoms with Gasteiger partial charge in [-0.05, 0) is 72.6 Å². The fourth-order valence-electron chi connectivity index (χ4n) is 6.51. The number of rotatable bonds is 8. The van der Waals surface area contributed by atoms with Gasteiger partial charge in [-0.2, -0.15) is 0 Å². The topological polar surface area (TPSA) is 109 Å². The first-order valence-corrected chi connectivity index (χ1v) is 17.3. The molecule has 2 aliphatic heterocycles. The summed E-state index contributed by atoms with van der Waals surface area (Å²) in [6.45, 7) is 14.5. The highest BCUT2D eigenvalue weighted by Crippen LogP contribution is 2.42. The van der Waals surface area contributed by atoms with Crippen LogP contribution in [0.4, 0.5) is 4.79 Å². The summed E-state index contributed by atoms with van der Waals surface area (Å²) in [5, 5.41) is 20.6. The average Bonchev–Trinajstić information content (AvgIpc) is 3.78. The standard InChI is InChI=1S/C37H44N4O5S/c1-22(2)34-38-39-35(47-34)24-9-12-28(13-10-24)45-32-18-25(7-8-26(32)20-40-19-23(3)17-33(40)42)30-15-16-31(46-30)29-14-11-27(37(4,5)6)21-41(29)36(43)44/h7-10,12-13,15-16,18,22-23,27,29H,11,14,17,19-21H2,1-6H3,(H,43,44). The Hall–Kier alpha value is -4.18. The van der Waals surface area contributed by atoms with E-state index >= 15 is 0 Å². The van der Waals surface area contributed by atoms with Crippen molar-refractivity contribution < 1.29 is 23.8 Å². The number of carbonyl (C=O) groups is 2. The molecular weight excluding hydrogens is 612 g/mol. The third-order valence-electron chi connectivity index (χ3n) is 9.39. The van der Waals surface area contributed by atoms with Gasteiger partial charge in [0, 0.05) is 48.7 Å². The van der Waals surface area contributed by atoms with Crippen molar-refractivity contribution in [2.75, 3.05) is 13.1 Å². The lowest BCUT2D eigenvalue weighted by Crippen LogP contribution is -2.44. The quantitative estimate of drug-likeness (QED) is 0.201. The highest BCUT2D eigenvalue weighted by molar-refractivity contribution is 7.14. The highest BCUT2D eigenvalue weighted by Gasteiger charge is 2.38. The van der Waals surface area contributed by atoms with Gasteiger partial charge in [0.25, 0.3) is 0 Å². The summed E-state index contributed by atoms with van der Waals surface area (Å²) in [5.41, 5.74) is 2.71. The monoisotopic (exact) mass is 656 g/mol. The predicted molar refractivity (Wildman–Crippen MR) is 183 cm³/mol. The first-order chi connectivity index (χ1) is 22.4. The van der Waals surface area contributed by atoms with Gasteiger partial charge in [0.2, 0.25) is 5.91 Å². The number of carbonyl (C=O) groups excluding carboxylic acids is 1. The largest absolute Gasteiger partial charge is 0.465 e. The fraction of sp³-hybridized carbons (Fsp3) is 0.459. The molecule has 248 valence electrons. The maximum atomic E-state index is 12.7. The van der Waals surface area contributed by atoms with E-state index in [4.69, 9.17) is 9.15 Å². The van der Waals surface area contributed by atoms with Gasteiger partial charge in [0.05, 0.1) is 6.04 Å². The molecule has 9 nitrogen and oxygen atoms in total. The molecule has 10 heteroatoms. The van der Waals surface area contributed by atoms with E-state index in [1.807, 2.05) is 59.5 Å². The number of hydrogen-bond donors (Lipinski definition) is 1. The second kappa shape index (κ2) is 13.1. The van der Waals surface area contributed by atoms with Crippen LogP contribution in [0.5, 0.6) is 11.5 Å². The lowest BCUT2D eigenvalue weighted by atomic mass is 9.75. The van der Waals surface area contributed by atoms with E-state index in [9.17, 15) is 14.7 Å². The maximum Gasteiger partial charge on any atom is 0.407 e. The number of amides is 2. The van der Waals surface area contributed by atoms with Crippen LogP contribution >= 0.6 is 11.3 Å². The smallest absolute Gasteiger partial charge is 0.407 e. The molecule has 0 aliphatic carbocycles. The molecule has 2 aliphatic rings. The molecule has 4 aromatic rings. The Morgan fingerprint density at radius 2 is 1.79 bits per heavy atom. The van der Waals surface area contributed by atoms with Crippen LogP contribution in [0, 0.1) is 17.3 Å². The van der Waals surface area contributed by atoms with E-state index in [0.29, 0.717) is 67.3 Å². The second-order valence-corrected chi connectivity index (χ2v) is 15.4. The maximum absolute atomic E-state index is 12.7. The third kappa shape index (κ3) is 7.22. The number of piperidine rings is 1. The van der Waals surface area contributed by atoms with Crippen LogP contribution in [0.25, 0.3) is 21.9 Å². The zero-order valence-corrected chi connectivity index (χ0v) is 28.8. The zero-order chi connectivity index (χ0) is 33.5. The summed E-state index contributed by atoms with van der Waals surface area (Å²) in [7, 11) is 0. The van der Waals surface area contributed by atoms with Crippen LogP contribution in [0.3, 0.4) is 0 Å². The van der Waals surface area contributed by atoms with E-state index < -0.39 is 6.09 Å². The van der Waals surface area contributed by atoms with Crippen LogP contribution in [0.15, 0.2) is 59.0 Å². The SMILES string of the molecule is CC1CC(=O)N(Cc2ccc(-c3ccc(C4CCC(C(C)(C)C)CN4C(=O)O)o3)cc2Oc2ccc(-c3nnc(C(C)C)s3)cc2)C1. The molecule has 2 aromatic carbocycles. The van der Waals surface area contributed by atoms with E-state index in [-0.39, 0.29) is 23.3 Å². The summed E-state index contributed by atoms with van der Waals surface area (Å²) < 4.78 is 12.9. The van der Waals surface area contributed by atoms with Gasteiger partial charge in [0.1, 0.15) is 33.0 Å². The summed E-state index contributed by atoms with van der Waals surface area (Å²) in [4.78, 5) is 28.4. The molecular formula is C37H44N4O5S. The minimum absolute atomic E-state index is 0.0263. The average molecular weight is 657 g/mol. The van der Waals surface area contributed by atoms with E-state index in [2.05, 4.69) is 51.7 Å². The van der Waals surface area contributed by atoms with Crippen molar-refractivity contribution in [3.63, 3.8) is 0 Å². The number of hydrogen-bond acceptors (Lipinski definition) is 7. The van der Waals surface area contributed by atoms with Crippen LogP contribution in [0.2, 0.25) is 0 Å². The molecule has 2 amide bonds. The molecule has 2 saturated heterocycles. The minimum atomic E-state index is -0.926. The molecule has 6 rings (SSSR count). The summed E-state index contributed by atoms with van der Waals surface area (Å²) in [5.74, 6) is 3.65. The predicted octanol–water partition coefficient (Wildman–Crippen LogP) is 9.23. The van der Waals surface area contributed by atoms with Gasteiger partial charge in [0.15, 0.2) is 0 Å². The van der Waals surface area contributed by atoms with Gasteiger partial charge in [-0.1, -0.05) is 65.0 Å². The van der Waals surface area contributed by atoms with Crippen LogP contribution in [0.1, 0.15) is 89.1 Å². The van der Waals surface area contributed by atoms with Crippen LogP contribution in [-0.2, 0) is 11.3 Å². The molecule has 0 bridgehead atoms. The Balaban J connectivity index is 1.27. The van der Waals surface area contributed by atoms with Crippen molar-refractivity contribution in [2.24, 2.45) is 17.3 Å². The van der Waals surface area contributed by atoms with Gasteiger partial charge in [-0.3, -0.25) is 9.69 Å². The minimum Gasteiger partial charge on any atom is -0.465 e. The molecule has 2 fully saturated rings. The summed E-state index contributed by atoms with van der Waals surface area (Å²) >= 11 is 1.59. The Morgan fingerprint density at radius 3 is 2.43 bits per heavy atom. The second-order valence-electron chi connectivity index (χ2n) is 14.4. The Kier molecular flexibility index (Phi) is 9.16. The van der Waals surface area contributed by atoms with Crippen LogP contribution in [-0.4, -0.2) is 50.2 Å². The Bertz CT molecular complexity index is 1740. The van der Waals surface area contributed by atoms with E-state index in [1.165, 1.54) is 4.90 Å². The van der Waals surface area contributed by atoms with Crippen LogP contribution < -0.4 is 4.74 Å². The van der Waals surface area contributed by atoms with Gasteiger partial charge in [-0.25, -0.2) is 4.79 Å². The number of likely N-dealkylation sites (tertiary alicyclic amines) is 2. The van der Waals surface area contributed by atoms with Crippen molar-refractivity contribution in [3.05, 3.63) is 70.9 Å². The molecule has 4 heterocycles. The number of benzene rings is 2. The summed E-state index contributed by atoms with van der Waals surface area (Å²) in [6.07, 6.45) is 1.28. The first kappa shape index (κ1) is 32.7. The molecule has 47 heavy (non-hydrogen) atoms. The third-order valence-corrected chi connectivity index (χ3v) is 10.7. The van der Waals surface area contributed by atoms with Gasteiger partial charge >= 0.3 is 6.09 Å². The molecule has 0 radical (unpaired) electrons. The van der Waals surface area contributed by atoms with Crippen molar-refractivity contribution in [1.29, 1.82) is 0 Å². The number of ether oxygens (including phenoxy) is 1. The Morgan fingerprint density at radius 1 is 1.04 bits per heavy atom. The van der Waals surface area contributed by atoms with Crippen molar-refractivity contribution in [2.45, 2.75) is 79.3 Å². The molecule has 3 unspecified atom stereocenters. The highest BCUT2D eigenvalue weighted by atomic mass is 32.1. The lowest BCUT2D eigenvalue weighted by molar-refractivity contribution is -0.128. The number of aromatic nitrogens is 2. The lowest BCUT2D eigenvalue weighted by Gasteiger charge is -2.42. The van der Waals surface area contributed by atoms with Gasteiger partial charge in [-0.15, -0.1) is 10.2 Å². The van der Waals surface area contributed by atoms with E-state index in [1.54, 1.807) is 11.3 Å². The van der Waals surface area contributed by atoms with Crippen molar-refractivity contribution >= 4 is 23.3 Å². The zero-order valence-electron chi connectivity index (χ0n) is 28.0.